The molecule has 0 aliphatic carbocycles. The standard InChI is InChI=1S/C21H27N3O/c1-22-21(23-15-12-18-8-4-2-5-9-18)24-16-13-20(14-17-24)25-19-10-6-3-7-11-19/h2-11,20H,12-17H2,1H3,(H,22,23). The third-order valence-corrected chi connectivity index (χ3v) is 4.54. The lowest BCUT2D eigenvalue weighted by molar-refractivity contribution is 0.129. The van der Waals surface area contributed by atoms with Crippen LogP contribution in [0, 0.1) is 0 Å². The second-order valence-electron chi connectivity index (χ2n) is 6.33. The van der Waals surface area contributed by atoms with E-state index in [1.807, 2.05) is 37.4 Å². The van der Waals surface area contributed by atoms with Gasteiger partial charge in [0.05, 0.1) is 0 Å². The summed E-state index contributed by atoms with van der Waals surface area (Å²) in [5, 5.41) is 3.49. The van der Waals surface area contributed by atoms with E-state index < -0.39 is 0 Å². The summed E-state index contributed by atoms with van der Waals surface area (Å²) in [6, 6.07) is 20.6. The van der Waals surface area contributed by atoms with Crippen LogP contribution in [0.2, 0.25) is 0 Å². The predicted molar refractivity (Wildman–Crippen MR) is 103 cm³/mol. The van der Waals surface area contributed by atoms with Crippen LogP contribution in [-0.4, -0.2) is 43.6 Å². The van der Waals surface area contributed by atoms with Gasteiger partial charge >= 0.3 is 0 Å². The number of ether oxygens (including phenoxy) is 1. The molecule has 2 aromatic rings. The van der Waals surface area contributed by atoms with Gasteiger partial charge in [0, 0.05) is 39.5 Å². The molecular formula is C21H27N3O. The van der Waals surface area contributed by atoms with Crippen molar-refractivity contribution >= 4 is 5.96 Å². The number of hydrogen-bond acceptors (Lipinski definition) is 2. The fourth-order valence-electron chi connectivity index (χ4n) is 3.17. The molecule has 0 unspecified atom stereocenters. The van der Waals surface area contributed by atoms with E-state index in [9.17, 15) is 0 Å². The molecule has 25 heavy (non-hydrogen) atoms. The summed E-state index contributed by atoms with van der Waals surface area (Å²) in [5.41, 5.74) is 1.35. The van der Waals surface area contributed by atoms with Gasteiger partial charge < -0.3 is 15.0 Å². The minimum Gasteiger partial charge on any atom is -0.490 e. The first-order chi connectivity index (χ1) is 12.3. The lowest BCUT2D eigenvalue weighted by atomic mass is 10.1. The molecule has 0 bridgehead atoms. The number of nitrogens with zero attached hydrogens (tertiary/aromatic N) is 2. The molecule has 0 spiro atoms. The molecule has 1 heterocycles. The van der Waals surface area contributed by atoms with Crippen LogP contribution < -0.4 is 10.1 Å². The fourth-order valence-corrected chi connectivity index (χ4v) is 3.17. The highest BCUT2D eigenvalue weighted by Crippen LogP contribution is 2.18. The maximum Gasteiger partial charge on any atom is 0.193 e. The molecule has 1 fully saturated rings. The highest BCUT2D eigenvalue weighted by molar-refractivity contribution is 5.79. The number of hydrogen-bond donors (Lipinski definition) is 1. The number of benzene rings is 2. The lowest BCUT2D eigenvalue weighted by Gasteiger charge is -2.34. The molecule has 0 saturated carbocycles. The molecule has 0 atom stereocenters. The average molecular weight is 337 g/mol. The van der Waals surface area contributed by atoms with Crippen molar-refractivity contribution in [2.75, 3.05) is 26.7 Å². The van der Waals surface area contributed by atoms with Crippen LogP contribution in [0.15, 0.2) is 65.7 Å². The number of nitrogens with one attached hydrogen (secondary N) is 1. The van der Waals surface area contributed by atoms with Gasteiger partial charge in [0.1, 0.15) is 11.9 Å². The van der Waals surface area contributed by atoms with Crippen LogP contribution in [0.1, 0.15) is 18.4 Å². The Morgan fingerprint density at radius 3 is 2.32 bits per heavy atom. The molecule has 2 aromatic carbocycles. The van der Waals surface area contributed by atoms with Crippen LogP contribution >= 0.6 is 0 Å². The van der Waals surface area contributed by atoms with E-state index >= 15 is 0 Å². The van der Waals surface area contributed by atoms with Gasteiger partial charge in [-0.3, -0.25) is 4.99 Å². The SMILES string of the molecule is CN=C(NCCc1ccccc1)N1CCC(Oc2ccccc2)CC1. The van der Waals surface area contributed by atoms with E-state index in [1.54, 1.807) is 0 Å². The van der Waals surface area contributed by atoms with Gasteiger partial charge in [-0.15, -0.1) is 0 Å². The highest BCUT2D eigenvalue weighted by atomic mass is 16.5. The van der Waals surface area contributed by atoms with Crippen LogP contribution in [0.4, 0.5) is 0 Å². The van der Waals surface area contributed by atoms with E-state index in [4.69, 9.17) is 4.74 Å². The zero-order chi connectivity index (χ0) is 17.3. The number of rotatable bonds is 5. The van der Waals surface area contributed by atoms with Crippen molar-refractivity contribution in [3.8, 4) is 5.75 Å². The molecular weight excluding hydrogens is 310 g/mol. The molecule has 1 saturated heterocycles. The van der Waals surface area contributed by atoms with Gasteiger partial charge in [-0.2, -0.15) is 0 Å². The molecule has 1 aliphatic rings. The van der Waals surface area contributed by atoms with E-state index in [2.05, 4.69) is 45.5 Å². The molecule has 132 valence electrons. The monoisotopic (exact) mass is 337 g/mol. The molecule has 1 aliphatic heterocycles. The summed E-state index contributed by atoms with van der Waals surface area (Å²) in [4.78, 5) is 6.77. The summed E-state index contributed by atoms with van der Waals surface area (Å²) >= 11 is 0. The van der Waals surface area contributed by atoms with Crippen molar-refractivity contribution in [3.05, 3.63) is 66.2 Å². The lowest BCUT2D eigenvalue weighted by Crippen LogP contribution is -2.47. The molecule has 1 N–H and O–H groups in total. The molecule has 4 heteroatoms. The van der Waals surface area contributed by atoms with Gasteiger partial charge in [0.2, 0.25) is 0 Å². The summed E-state index contributed by atoms with van der Waals surface area (Å²) in [6.07, 6.45) is 3.34. The van der Waals surface area contributed by atoms with E-state index in [1.165, 1.54) is 5.56 Å². The normalized spacial score (nSPS) is 15.9. The Morgan fingerprint density at radius 1 is 1.04 bits per heavy atom. The molecule has 0 amide bonds. The second kappa shape index (κ2) is 9.11. The number of likely N-dealkylation sites (tertiary alicyclic amines) is 1. The van der Waals surface area contributed by atoms with Crippen molar-refractivity contribution in [3.63, 3.8) is 0 Å². The molecule has 4 nitrogen and oxygen atoms in total. The largest absolute Gasteiger partial charge is 0.490 e. The number of para-hydroxylation sites is 1. The van der Waals surface area contributed by atoms with E-state index in [-0.39, 0.29) is 0 Å². The molecule has 3 rings (SSSR count). The van der Waals surface area contributed by atoms with Crippen LogP contribution in [-0.2, 0) is 6.42 Å². The summed E-state index contributed by atoms with van der Waals surface area (Å²) < 4.78 is 6.07. The van der Waals surface area contributed by atoms with Gasteiger partial charge in [-0.25, -0.2) is 0 Å². The minimum absolute atomic E-state index is 0.293. The Morgan fingerprint density at radius 2 is 1.68 bits per heavy atom. The maximum absolute atomic E-state index is 6.07. The van der Waals surface area contributed by atoms with Gasteiger partial charge in [0.25, 0.3) is 0 Å². The van der Waals surface area contributed by atoms with Crippen molar-refractivity contribution in [1.29, 1.82) is 0 Å². The number of aliphatic imine (C=N–C) groups is 1. The smallest absolute Gasteiger partial charge is 0.193 e. The summed E-state index contributed by atoms with van der Waals surface area (Å²) in [5.74, 6) is 1.96. The maximum atomic E-state index is 6.07. The van der Waals surface area contributed by atoms with E-state index in [0.29, 0.717) is 6.10 Å². The molecule has 0 radical (unpaired) electrons. The average Bonchev–Trinajstić information content (AvgIpc) is 2.68. The van der Waals surface area contributed by atoms with Crippen molar-refractivity contribution in [1.82, 2.24) is 10.2 Å². The third kappa shape index (κ3) is 5.24. The van der Waals surface area contributed by atoms with Gasteiger partial charge in [-0.05, 0) is 24.1 Å². The van der Waals surface area contributed by atoms with Crippen LogP contribution in [0.3, 0.4) is 0 Å². The Bertz CT molecular complexity index is 649. The minimum atomic E-state index is 0.293. The van der Waals surface area contributed by atoms with Crippen LogP contribution in [0.5, 0.6) is 5.75 Å². The Kier molecular flexibility index (Phi) is 6.32. The van der Waals surface area contributed by atoms with Crippen molar-refractivity contribution < 1.29 is 4.74 Å². The van der Waals surface area contributed by atoms with Gasteiger partial charge in [-0.1, -0.05) is 48.5 Å². The Labute approximate surface area is 150 Å². The first kappa shape index (κ1) is 17.3. The van der Waals surface area contributed by atoms with Crippen molar-refractivity contribution in [2.24, 2.45) is 4.99 Å². The zero-order valence-corrected chi connectivity index (χ0v) is 14.9. The first-order valence-electron chi connectivity index (χ1n) is 9.06. The third-order valence-electron chi connectivity index (χ3n) is 4.54. The summed E-state index contributed by atoms with van der Waals surface area (Å²) in [6.45, 7) is 2.85. The van der Waals surface area contributed by atoms with E-state index in [0.717, 1.165) is 50.6 Å². The van der Waals surface area contributed by atoms with Crippen molar-refractivity contribution in [2.45, 2.75) is 25.4 Å². The number of guanidine groups is 1. The predicted octanol–water partition coefficient (Wildman–Crippen LogP) is 3.35. The zero-order valence-electron chi connectivity index (χ0n) is 14.9. The topological polar surface area (TPSA) is 36.9 Å². The fraction of sp³-hybridized carbons (Fsp3) is 0.381. The Hall–Kier alpha value is -2.49. The number of piperidine rings is 1. The quantitative estimate of drug-likeness (QED) is 0.671. The van der Waals surface area contributed by atoms with Crippen LogP contribution in [0.25, 0.3) is 0 Å². The highest BCUT2D eigenvalue weighted by Gasteiger charge is 2.22. The summed E-state index contributed by atoms with van der Waals surface area (Å²) in [7, 11) is 1.86. The second-order valence-corrected chi connectivity index (χ2v) is 6.33. The van der Waals surface area contributed by atoms with Gasteiger partial charge in [0.15, 0.2) is 5.96 Å². The molecule has 0 aromatic heterocycles. The first-order valence-corrected chi connectivity index (χ1v) is 9.06. The Balaban J connectivity index is 1.42.